The van der Waals surface area contributed by atoms with Gasteiger partial charge in [-0.3, -0.25) is 9.69 Å². The van der Waals surface area contributed by atoms with E-state index in [0.717, 1.165) is 31.9 Å². The number of benzene rings is 1. The second kappa shape index (κ2) is 5.81. The molecule has 1 saturated heterocycles. The smallest absolute Gasteiger partial charge is 0.226 e. The van der Waals surface area contributed by atoms with Gasteiger partial charge in [0.05, 0.1) is 6.04 Å². The number of piperazine rings is 1. The maximum Gasteiger partial charge on any atom is 0.226 e. The monoisotopic (exact) mass is 310 g/mol. The van der Waals surface area contributed by atoms with Crippen molar-refractivity contribution >= 4 is 5.91 Å². The highest BCUT2D eigenvalue weighted by Gasteiger charge is 2.46. The third kappa shape index (κ3) is 2.77. The Hall–Kier alpha value is -2.14. The molecule has 1 N–H and O–H groups in total. The first-order valence-electron chi connectivity index (χ1n) is 8.27. The summed E-state index contributed by atoms with van der Waals surface area (Å²) in [7, 11) is 2.10. The number of carbonyl (C=O) groups excluding carboxylic acids is 1. The summed E-state index contributed by atoms with van der Waals surface area (Å²) in [5.41, 5.74) is 1.29. The zero-order valence-corrected chi connectivity index (χ0v) is 13.4. The van der Waals surface area contributed by atoms with Gasteiger partial charge in [0.2, 0.25) is 5.91 Å². The molecule has 2 aromatic rings. The van der Waals surface area contributed by atoms with E-state index in [2.05, 4.69) is 46.2 Å². The molecule has 1 amide bonds. The molecule has 1 aliphatic carbocycles. The van der Waals surface area contributed by atoms with Crippen molar-refractivity contribution in [3.63, 3.8) is 0 Å². The number of nitrogens with zero attached hydrogens (tertiary/aromatic N) is 3. The van der Waals surface area contributed by atoms with Crippen molar-refractivity contribution < 1.29 is 4.79 Å². The van der Waals surface area contributed by atoms with E-state index >= 15 is 0 Å². The molecule has 3 atom stereocenters. The Morgan fingerprint density at radius 2 is 2.09 bits per heavy atom. The number of aromatic amines is 1. The van der Waals surface area contributed by atoms with E-state index in [1.807, 2.05) is 17.2 Å². The maximum absolute atomic E-state index is 12.8. The second-order valence-electron chi connectivity index (χ2n) is 6.61. The minimum absolute atomic E-state index is 0.164. The van der Waals surface area contributed by atoms with Crippen LogP contribution in [0.25, 0.3) is 0 Å². The summed E-state index contributed by atoms with van der Waals surface area (Å²) in [6.07, 6.45) is 4.60. The summed E-state index contributed by atoms with van der Waals surface area (Å²) < 4.78 is 0. The number of amides is 1. The van der Waals surface area contributed by atoms with Crippen LogP contribution < -0.4 is 0 Å². The largest absolute Gasteiger partial charge is 0.347 e. The zero-order valence-electron chi connectivity index (χ0n) is 13.4. The molecule has 4 rings (SSSR count). The van der Waals surface area contributed by atoms with Gasteiger partial charge in [0.15, 0.2) is 0 Å². The first-order valence-corrected chi connectivity index (χ1v) is 8.27. The molecule has 5 heteroatoms. The van der Waals surface area contributed by atoms with Gasteiger partial charge in [-0.25, -0.2) is 4.98 Å². The zero-order chi connectivity index (χ0) is 15.8. The van der Waals surface area contributed by atoms with E-state index in [4.69, 9.17) is 0 Å². The lowest BCUT2D eigenvalue weighted by Gasteiger charge is -2.38. The van der Waals surface area contributed by atoms with Gasteiger partial charge in [-0.15, -0.1) is 0 Å². The summed E-state index contributed by atoms with van der Waals surface area (Å²) in [6.45, 7) is 2.42. The number of likely N-dealkylation sites (N-methyl/N-ethyl adjacent to an activating group) is 1. The second-order valence-corrected chi connectivity index (χ2v) is 6.61. The van der Waals surface area contributed by atoms with E-state index in [0.29, 0.717) is 11.8 Å². The minimum atomic E-state index is 0.164. The fourth-order valence-corrected chi connectivity index (χ4v) is 3.60. The van der Waals surface area contributed by atoms with Gasteiger partial charge in [-0.05, 0) is 24.9 Å². The highest BCUT2D eigenvalue weighted by Crippen LogP contribution is 2.48. The van der Waals surface area contributed by atoms with E-state index in [1.165, 1.54) is 5.56 Å². The van der Waals surface area contributed by atoms with Crippen molar-refractivity contribution in [2.45, 2.75) is 18.4 Å². The molecule has 1 aromatic carbocycles. The first kappa shape index (κ1) is 14.5. The average molecular weight is 310 g/mol. The SMILES string of the molecule is CN1CCN(C(=O)[C@@H]2C[C@@H]2c2ccccc2)C[C@H]1c1ncc[nH]1. The van der Waals surface area contributed by atoms with Gasteiger partial charge in [0.1, 0.15) is 5.82 Å². The molecule has 120 valence electrons. The minimum Gasteiger partial charge on any atom is -0.347 e. The highest BCUT2D eigenvalue weighted by molar-refractivity contribution is 5.83. The number of H-pyrrole nitrogens is 1. The molecule has 2 heterocycles. The number of aromatic nitrogens is 2. The Balaban J connectivity index is 1.43. The van der Waals surface area contributed by atoms with Crippen LogP contribution in [0.2, 0.25) is 0 Å². The molecular formula is C18H22N4O. The van der Waals surface area contributed by atoms with Crippen LogP contribution in [-0.2, 0) is 4.79 Å². The van der Waals surface area contributed by atoms with Crippen LogP contribution in [-0.4, -0.2) is 52.4 Å². The quantitative estimate of drug-likeness (QED) is 0.944. The van der Waals surface area contributed by atoms with Crippen molar-refractivity contribution in [3.8, 4) is 0 Å². The van der Waals surface area contributed by atoms with E-state index in [-0.39, 0.29) is 12.0 Å². The lowest BCUT2D eigenvalue weighted by atomic mass is 10.1. The normalized spacial score (nSPS) is 27.9. The molecule has 0 spiro atoms. The molecule has 23 heavy (non-hydrogen) atoms. The molecule has 2 fully saturated rings. The van der Waals surface area contributed by atoms with Gasteiger partial charge in [0.25, 0.3) is 0 Å². The van der Waals surface area contributed by atoms with Crippen molar-refractivity contribution in [1.29, 1.82) is 0 Å². The van der Waals surface area contributed by atoms with Crippen LogP contribution in [0.3, 0.4) is 0 Å². The lowest BCUT2D eigenvalue weighted by molar-refractivity contribution is -0.135. The molecule has 1 aromatic heterocycles. The number of hydrogen-bond donors (Lipinski definition) is 1. The van der Waals surface area contributed by atoms with Crippen LogP contribution in [0.1, 0.15) is 29.8 Å². The van der Waals surface area contributed by atoms with Crippen LogP contribution in [0.4, 0.5) is 0 Å². The summed E-state index contributed by atoms with van der Waals surface area (Å²) >= 11 is 0. The average Bonchev–Trinajstić information content (AvgIpc) is 3.21. The Morgan fingerprint density at radius 1 is 1.26 bits per heavy atom. The number of rotatable bonds is 3. The Labute approximate surface area is 136 Å². The van der Waals surface area contributed by atoms with Crippen molar-refractivity contribution in [2.24, 2.45) is 5.92 Å². The summed E-state index contributed by atoms with van der Waals surface area (Å²) in [5.74, 6) is 1.83. The van der Waals surface area contributed by atoms with E-state index < -0.39 is 0 Å². The molecule has 2 aliphatic rings. The van der Waals surface area contributed by atoms with Crippen LogP contribution in [0.5, 0.6) is 0 Å². The van der Waals surface area contributed by atoms with Crippen LogP contribution in [0, 0.1) is 5.92 Å². The predicted molar refractivity (Wildman–Crippen MR) is 87.8 cm³/mol. The van der Waals surface area contributed by atoms with Gasteiger partial charge in [-0.1, -0.05) is 30.3 Å². The highest BCUT2D eigenvalue weighted by atomic mass is 16.2. The molecule has 0 unspecified atom stereocenters. The summed E-state index contributed by atoms with van der Waals surface area (Å²) in [4.78, 5) is 24.7. The molecule has 0 radical (unpaired) electrons. The van der Waals surface area contributed by atoms with Gasteiger partial charge in [0, 0.05) is 37.9 Å². The van der Waals surface area contributed by atoms with Crippen LogP contribution in [0.15, 0.2) is 42.7 Å². The summed E-state index contributed by atoms with van der Waals surface area (Å²) in [6, 6.07) is 10.6. The standard InChI is InChI=1S/C18H22N4O/c1-21-9-10-22(12-16(21)17-19-7-8-20-17)18(23)15-11-14(15)13-5-3-2-4-6-13/h2-8,14-16H,9-12H2,1H3,(H,19,20)/t14-,15-,16+/m1/s1. The van der Waals surface area contributed by atoms with Crippen molar-refractivity contribution in [3.05, 3.63) is 54.1 Å². The molecular weight excluding hydrogens is 288 g/mol. The fourth-order valence-electron chi connectivity index (χ4n) is 3.60. The van der Waals surface area contributed by atoms with Gasteiger partial charge >= 0.3 is 0 Å². The fraction of sp³-hybridized carbons (Fsp3) is 0.444. The predicted octanol–water partition coefficient (Wildman–Crippen LogP) is 2.03. The number of hydrogen-bond acceptors (Lipinski definition) is 3. The van der Waals surface area contributed by atoms with Crippen molar-refractivity contribution in [2.75, 3.05) is 26.7 Å². The topological polar surface area (TPSA) is 52.2 Å². The van der Waals surface area contributed by atoms with Gasteiger partial charge in [-0.2, -0.15) is 0 Å². The van der Waals surface area contributed by atoms with Crippen molar-refractivity contribution in [1.82, 2.24) is 19.8 Å². The molecule has 0 bridgehead atoms. The maximum atomic E-state index is 12.8. The lowest BCUT2D eigenvalue weighted by Crippen LogP contribution is -2.49. The third-order valence-electron chi connectivity index (χ3n) is 5.13. The molecule has 5 nitrogen and oxygen atoms in total. The summed E-state index contributed by atoms with van der Waals surface area (Å²) in [5, 5.41) is 0. The van der Waals surface area contributed by atoms with E-state index in [1.54, 1.807) is 6.20 Å². The molecule has 1 aliphatic heterocycles. The Bertz CT molecular complexity index is 670. The van der Waals surface area contributed by atoms with Gasteiger partial charge < -0.3 is 9.88 Å². The molecule has 1 saturated carbocycles. The van der Waals surface area contributed by atoms with E-state index in [9.17, 15) is 4.79 Å². The van der Waals surface area contributed by atoms with Crippen LogP contribution >= 0.6 is 0 Å². The first-order chi connectivity index (χ1) is 11.2. The number of carbonyl (C=O) groups is 1. The number of nitrogens with one attached hydrogen (secondary N) is 1. The Morgan fingerprint density at radius 3 is 2.83 bits per heavy atom. The number of imidazole rings is 1. The Kier molecular flexibility index (Phi) is 3.65. The third-order valence-corrected chi connectivity index (χ3v) is 5.13.